The zero-order valence-corrected chi connectivity index (χ0v) is 10.4. The van der Waals surface area contributed by atoms with E-state index in [1.54, 1.807) is 6.92 Å². The summed E-state index contributed by atoms with van der Waals surface area (Å²) < 4.78 is 10.7. The zero-order valence-electron chi connectivity index (χ0n) is 10.4. The van der Waals surface area contributed by atoms with E-state index >= 15 is 0 Å². The number of nitrogens with zero attached hydrogens (tertiary/aromatic N) is 1. The predicted octanol–water partition coefficient (Wildman–Crippen LogP) is 1.56. The first kappa shape index (κ1) is 13.2. The number of ether oxygens (including phenoxy) is 2. The summed E-state index contributed by atoms with van der Waals surface area (Å²) in [4.78, 5) is 13.4. The smallest absolute Gasteiger partial charge is 0.333 e. The van der Waals surface area contributed by atoms with Gasteiger partial charge in [0.15, 0.2) is 0 Å². The van der Waals surface area contributed by atoms with Crippen molar-refractivity contribution in [2.75, 3.05) is 26.3 Å². The zero-order chi connectivity index (χ0) is 12.2. The van der Waals surface area contributed by atoms with Gasteiger partial charge in [0.05, 0.1) is 6.61 Å². The normalized spacial score (nSPS) is 25.7. The molecule has 1 saturated heterocycles. The molecule has 4 heteroatoms. The van der Waals surface area contributed by atoms with Crippen LogP contribution in [0.5, 0.6) is 0 Å². The highest BCUT2D eigenvalue weighted by atomic mass is 16.5. The molecule has 1 rings (SSSR count). The summed E-state index contributed by atoms with van der Waals surface area (Å²) in [6.07, 6.45) is 0.932. The highest BCUT2D eigenvalue weighted by molar-refractivity contribution is 5.86. The third kappa shape index (κ3) is 3.06. The molecule has 1 fully saturated rings. The molecule has 1 unspecified atom stereocenters. The van der Waals surface area contributed by atoms with E-state index in [4.69, 9.17) is 9.47 Å². The lowest BCUT2D eigenvalue weighted by atomic mass is 10.2. The molecule has 0 bridgehead atoms. The van der Waals surface area contributed by atoms with Crippen LogP contribution >= 0.6 is 0 Å². The maximum absolute atomic E-state index is 11.2. The number of rotatable bonds is 5. The summed E-state index contributed by atoms with van der Waals surface area (Å²) in [6, 6.07) is 0. The van der Waals surface area contributed by atoms with Crippen molar-refractivity contribution in [3.05, 3.63) is 12.2 Å². The van der Waals surface area contributed by atoms with Crippen LogP contribution in [-0.4, -0.2) is 42.9 Å². The van der Waals surface area contributed by atoms with Gasteiger partial charge in [0.25, 0.3) is 0 Å². The lowest BCUT2D eigenvalue weighted by Crippen LogP contribution is -2.43. The summed E-state index contributed by atoms with van der Waals surface area (Å²) in [6.45, 7) is 12.1. The van der Waals surface area contributed by atoms with E-state index in [0.717, 1.165) is 19.6 Å². The minimum Gasteiger partial charge on any atom is -0.461 e. The van der Waals surface area contributed by atoms with Crippen LogP contribution in [0.2, 0.25) is 0 Å². The van der Waals surface area contributed by atoms with Crippen LogP contribution in [0, 0.1) is 0 Å². The van der Waals surface area contributed by atoms with E-state index in [2.05, 4.69) is 25.3 Å². The molecule has 0 aliphatic carbocycles. The van der Waals surface area contributed by atoms with E-state index in [9.17, 15) is 4.79 Å². The molecule has 1 atom stereocenters. The molecule has 0 aromatic rings. The number of hydrogen-bond acceptors (Lipinski definition) is 4. The Bertz CT molecular complexity index is 277. The Hall–Kier alpha value is -0.870. The Morgan fingerprint density at radius 1 is 1.62 bits per heavy atom. The van der Waals surface area contributed by atoms with Gasteiger partial charge in [0.1, 0.15) is 12.3 Å². The molecule has 0 saturated carbocycles. The molecular weight excluding hydrogens is 206 g/mol. The molecule has 4 nitrogen and oxygen atoms in total. The van der Waals surface area contributed by atoms with Gasteiger partial charge in [-0.25, -0.2) is 4.79 Å². The van der Waals surface area contributed by atoms with Crippen LogP contribution in [0.25, 0.3) is 0 Å². The highest BCUT2D eigenvalue weighted by Gasteiger charge is 2.35. The van der Waals surface area contributed by atoms with Gasteiger partial charge in [0.2, 0.25) is 0 Å². The number of carbonyl (C=O) groups excluding carboxylic acids is 1. The van der Waals surface area contributed by atoms with Crippen molar-refractivity contribution in [1.29, 1.82) is 0 Å². The standard InChI is InChI=1S/C12H21NO3/c1-5-12(4)13(7-9-16-12)6-8-15-11(14)10(2)3/h2,5-9H2,1,3-4H3. The van der Waals surface area contributed by atoms with Gasteiger partial charge in [-0.2, -0.15) is 0 Å². The first-order chi connectivity index (χ1) is 7.49. The second-order valence-corrected chi connectivity index (χ2v) is 4.28. The summed E-state index contributed by atoms with van der Waals surface area (Å²) in [5, 5.41) is 0. The molecule has 0 spiro atoms. The van der Waals surface area contributed by atoms with Crippen molar-refractivity contribution in [1.82, 2.24) is 4.90 Å². The molecule has 0 aromatic heterocycles. The van der Waals surface area contributed by atoms with Crippen LogP contribution in [0.15, 0.2) is 12.2 Å². The van der Waals surface area contributed by atoms with Crippen LogP contribution in [0.1, 0.15) is 27.2 Å². The Morgan fingerprint density at radius 3 is 2.88 bits per heavy atom. The second kappa shape index (κ2) is 5.46. The van der Waals surface area contributed by atoms with Crippen LogP contribution in [0.3, 0.4) is 0 Å². The molecule has 0 amide bonds. The van der Waals surface area contributed by atoms with Gasteiger partial charge in [0, 0.05) is 18.7 Å². The molecule has 0 aromatic carbocycles. The summed E-state index contributed by atoms with van der Waals surface area (Å²) in [5.74, 6) is -0.321. The average molecular weight is 227 g/mol. The van der Waals surface area contributed by atoms with E-state index < -0.39 is 0 Å². The predicted molar refractivity (Wildman–Crippen MR) is 62.0 cm³/mol. The molecule has 1 aliphatic rings. The van der Waals surface area contributed by atoms with Gasteiger partial charge in [-0.1, -0.05) is 13.5 Å². The maximum Gasteiger partial charge on any atom is 0.333 e. The van der Waals surface area contributed by atoms with Crippen LogP contribution in [0.4, 0.5) is 0 Å². The SMILES string of the molecule is C=C(C)C(=O)OCCN1CCOC1(C)CC. The van der Waals surface area contributed by atoms with Crippen molar-refractivity contribution in [3.63, 3.8) is 0 Å². The minimum atomic E-state index is -0.321. The highest BCUT2D eigenvalue weighted by Crippen LogP contribution is 2.25. The van der Waals surface area contributed by atoms with Crippen LogP contribution in [-0.2, 0) is 14.3 Å². The number of carbonyl (C=O) groups is 1. The summed E-state index contributed by atoms with van der Waals surface area (Å²) >= 11 is 0. The van der Waals surface area contributed by atoms with Crippen molar-refractivity contribution in [2.45, 2.75) is 32.9 Å². The Labute approximate surface area is 97.2 Å². The topological polar surface area (TPSA) is 38.8 Å². The van der Waals surface area contributed by atoms with E-state index in [1.807, 2.05) is 0 Å². The number of esters is 1. The van der Waals surface area contributed by atoms with Gasteiger partial charge in [-0.05, 0) is 20.3 Å². The molecule has 0 radical (unpaired) electrons. The number of hydrogen-bond donors (Lipinski definition) is 0. The average Bonchev–Trinajstić information content (AvgIpc) is 2.61. The summed E-state index contributed by atoms with van der Waals surface area (Å²) in [5.41, 5.74) is 0.242. The maximum atomic E-state index is 11.2. The molecule has 1 heterocycles. The van der Waals surface area contributed by atoms with E-state index in [-0.39, 0.29) is 11.7 Å². The first-order valence-corrected chi connectivity index (χ1v) is 5.71. The Kier molecular flexibility index (Phi) is 4.50. The van der Waals surface area contributed by atoms with Crippen LogP contribution < -0.4 is 0 Å². The lowest BCUT2D eigenvalue weighted by Gasteiger charge is -2.32. The van der Waals surface area contributed by atoms with E-state index in [1.165, 1.54) is 0 Å². The molecule has 16 heavy (non-hydrogen) atoms. The van der Waals surface area contributed by atoms with E-state index in [0.29, 0.717) is 18.7 Å². The third-order valence-corrected chi connectivity index (χ3v) is 3.04. The third-order valence-electron chi connectivity index (χ3n) is 3.04. The minimum absolute atomic E-state index is 0.199. The molecule has 0 N–H and O–H groups in total. The lowest BCUT2D eigenvalue weighted by molar-refractivity contribution is -0.141. The van der Waals surface area contributed by atoms with Crippen molar-refractivity contribution in [3.8, 4) is 0 Å². The Morgan fingerprint density at radius 2 is 2.31 bits per heavy atom. The quantitative estimate of drug-likeness (QED) is 0.528. The second-order valence-electron chi connectivity index (χ2n) is 4.28. The molecule has 1 aliphatic heterocycles. The molecule has 92 valence electrons. The van der Waals surface area contributed by atoms with Gasteiger partial charge >= 0.3 is 5.97 Å². The molecular formula is C12H21NO3. The summed E-state index contributed by atoms with van der Waals surface area (Å²) in [7, 11) is 0. The largest absolute Gasteiger partial charge is 0.461 e. The fourth-order valence-electron chi connectivity index (χ4n) is 1.75. The van der Waals surface area contributed by atoms with Gasteiger partial charge < -0.3 is 9.47 Å². The fourth-order valence-corrected chi connectivity index (χ4v) is 1.75. The van der Waals surface area contributed by atoms with Gasteiger partial charge in [-0.3, -0.25) is 4.90 Å². The van der Waals surface area contributed by atoms with Crippen molar-refractivity contribution < 1.29 is 14.3 Å². The van der Waals surface area contributed by atoms with Crippen molar-refractivity contribution in [2.24, 2.45) is 0 Å². The Balaban J connectivity index is 2.33. The van der Waals surface area contributed by atoms with Crippen molar-refractivity contribution >= 4 is 5.97 Å². The van der Waals surface area contributed by atoms with Gasteiger partial charge in [-0.15, -0.1) is 0 Å². The fraction of sp³-hybridized carbons (Fsp3) is 0.750. The first-order valence-electron chi connectivity index (χ1n) is 5.71. The monoisotopic (exact) mass is 227 g/mol.